The van der Waals surface area contributed by atoms with Crippen LogP contribution in [-0.4, -0.2) is 41.1 Å². The Balaban J connectivity index is 2.46. The fourth-order valence-electron chi connectivity index (χ4n) is 2.25. The smallest absolute Gasteiger partial charge is 0.0226 e. The van der Waals surface area contributed by atoms with Crippen LogP contribution in [0.4, 0.5) is 0 Å². The van der Waals surface area contributed by atoms with Gasteiger partial charge in [-0.2, -0.15) is 11.8 Å². The summed E-state index contributed by atoms with van der Waals surface area (Å²) in [5, 5.41) is 0.760. The molecule has 14 heavy (non-hydrogen) atoms. The maximum Gasteiger partial charge on any atom is 0.0226 e. The lowest BCUT2D eigenvalue weighted by Gasteiger charge is -2.38. The molecule has 1 saturated heterocycles. The minimum atomic E-state index is -0.0728. The van der Waals surface area contributed by atoms with Crippen molar-refractivity contribution in [2.24, 2.45) is 5.73 Å². The molecule has 0 radical (unpaired) electrons. The van der Waals surface area contributed by atoms with Gasteiger partial charge in [0, 0.05) is 23.4 Å². The second kappa shape index (κ2) is 4.86. The molecule has 0 spiro atoms. The van der Waals surface area contributed by atoms with Gasteiger partial charge < -0.3 is 10.6 Å². The Morgan fingerprint density at radius 2 is 2.14 bits per heavy atom. The molecular weight excluding hydrogens is 192 g/mol. The molecule has 1 fully saturated rings. The Hall–Kier alpha value is 0.270. The van der Waals surface area contributed by atoms with E-state index in [2.05, 4.69) is 44.5 Å². The van der Waals surface area contributed by atoms with E-state index in [1.165, 1.54) is 18.6 Å². The Kier molecular flexibility index (Phi) is 4.29. The number of hydrogen-bond acceptors (Lipinski definition) is 3. The molecule has 2 unspecified atom stereocenters. The highest BCUT2D eigenvalue weighted by molar-refractivity contribution is 7.99. The van der Waals surface area contributed by atoms with Crippen molar-refractivity contribution < 1.29 is 0 Å². The average molecular weight is 216 g/mol. The van der Waals surface area contributed by atoms with E-state index in [1.807, 2.05) is 0 Å². The summed E-state index contributed by atoms with van der Waals surface area (Å²) in [4.78, 5) is 2.44. The summed E-state index contributed by atoms with van der Waals surface area (Å²) in [6.07, 6.45) is 2.69. The van der Waals surface area contributed by atoms with Crippen molar-refractivity contribution >= 4 is 11.8 Å². The molecule has 1 heterocycles. The quantitative estimate of drug-likeness (QED) is 0.782. The molecule has 0 aliphatic carbocycles. The molecule has 1 aliphatic rings. The SMILES string of the molecule is CC1SCCCC1N(C)CC(C)(C)N. The zero-order valence-corrected chi connectivity index (χ0v) is 10.7. The van der Waals surface area contributed by atoms with E-state index in [9.17, 15) is 0 Å². The van der Waals surface area contributed by atoms with Gasteiger partial charge in [0.25, 0.3) is 0 Å². The van der Waals surface area contributed by atoms with Gasteiger partial charge in [0.15, 0.2) is 0 Å². The van der Waals surface area contributed by atoms with Crippen LogP contribution in [0.2, 0.25) is 0 Å². The Morgan fingerprint density at radius 3 is 2.64 bits per heavy atom. The molecule has 0 aromatic rings. The average Bonchev–Trinajstić information content (AvgIpc) is 2.01. The van der Waals surface area contributed by atoms with Crippen molar-refractivity contribution in [3.8, 4) is 0 Å². The Morgan fingerprint density at radius 1 is 1.50 bits per heavy atom. The summed E-state index contributed by atoms with van der Waals surface area (Å²) in [5.41, 5.74) is 5.97. The molecule has 0 amide bonds. The molecule has 3 heteroatoms. The normalized spacial score (nSPS) is 29.6. The lowest BCUT2D eigenvalue weighted by molar-refractivity contribution is 0.188. The first-order chi connectivity index (χ1) is 6.40. The van der Waals surface area contributed by atoms with Gasteiger partial charge >= 0.3 is 0 Å². The van der Waals surface area contributed by atoms with Gasteiger partial charge in [0.2, 0.25) is 0 Å². The van der Waals surface area contributed by atoms with Crippen LogP contribution in [0.5, 0.6) is 0 Å². The Bertz CT molecular complexity index is 177. The third-order valence-electron chi connectivity index (χ3n) is 2.79. The fourth-order valence-corrected chi connectivity index (χ4v) is 3.52. The lowest BCUT2D eigenvalue weighted by Crippen LogP contribution is -2.50. The number of hydrogen-bond donors (Lipinski definition) is 1. The molecule has 0 bridgehead atoms. The molecule has 0 aromatic carbocycles. The minimum absolute atomic E-state index is 0.0728. The molecule has 0 aromatic heterocycles. The first kappa shape index (κ1) is 12.3. The van der Waals surface area contributed by atoms with Crippen LogP contribution in [-0.2, 0) is 0 Å². The van der Waals surface area contributed by atoms with Crippen LogP contribution in [0.3, 0.4) is 0 Å². The maximum atomic E-state index is 6.04. The standard InChI is InChI=1S/C11H24N2S/c1-9-10(6-5-7-14-9)13(4)8-11(2,3)12/h9-10H,5-8,12H2,1-4H3. The van der Waals surface area contributed by atoms with Crippen molar-refractivity contribution in [3.63, 3.8) is 0 Å². The summed E-state index contributed by atoms with van der Waals surface area (Å²) < 4.78 is 0. The molecule has 2 nitrogen and oxygen atoms in total. The second-order valence-corrected chi connectivity index (χ2v) is 6.67. The van der Waals surface area contributed by atoms with Crippen molar-refractivity contribution in [1.82, 2.24) is 4.90 Å². The predicted molar refractivity (Wildman–Crippen MR) is 65.8 cm³/mol. The molecule has 0 saturated carbocycles. The Labute approximate surface area is 92.6 Å². The zero-order valence-electron chi connectivity index (χ0n) is 9.92. The van der Waals surface area contributed by atoms with E-state index in [-0.39, 0.29) is 5.54 Å². The lowest BCUT2D eigenvalue weighted by atomic mass is 10.0. The maximum absolute atomic E-state index is 6.04. The van der Waals surface area contributed by atoms with Crippen molar-refractivity contribution in [3.05, 3.63) is 0 Å². The largest absolute Gasteiger partial charge is 0.324 e. The number of nitrogens with two attached hydrogens (primary N) is 1. The van der Waals surface area contributed by atoms with Crippen LogP contribution in [0, 0.1) is 0 Å². The van der Waals surface area contributed by atoms with E-state index >= 15 is 0 Å². The number of thioether (sulfide) groups is 1. The highest BCUT2D eigenvalue weighted by atomic mass is 32.2. The molecule has 84 valence electrons. The summed E-state index contributed by atoms with van der Waals surface area (Å²) in [6.45, 7) is 7.53. The molecule has 1 aliphatic heterocycles. The third kappa shape index (κ3) is 3.79. The van der Waals surface area contributed by atoms with Crippen molar-refractivity contribution in [1.29, 1.82) is 0 Å². The molecule has 2 N–H and O–H groups in total. The first-order valence-electron chi connectivity index (χ1n) is 5.51. The van der Waals surface area contributed by atoms with Crippen LogP contribution in [0.25, 0.3) is 0 Å². The number of likely N-dealkylation sites (N-methyl/N-ethyl adjacent to an activating group) is 1. The molecule has 2 atom stereocenters. The van der Waals surface area contributed by atoms with E-state index in [0.29, 0.717) is 0 Å². The summed E-state index contributed by atoms with van der Waals surface area (Å²) in [7, 11) is 2.21. The van der Waals surface area contributed by atoms with Crippen molar-refractivity contribution in [2.45, 2.75) is 50.4 Å². The summed E-state index contributed by atoms with van der Waals surface area (Å²) >= 11 is 2.10. The first-order valence-corrected chi connectivity index (χ1v) is 6.56. The van der Waals surface area contributed by atoms with Gasteiger partial charge in [-0.05, 0) is 39.5 Å². The summed E-state index contributed by atoms with van der Waals surface area (Å²) in [6, 6.07) is 0.719. The van der Waals surface area contributed by atoms with Crippen LogP contribution in [0.15, 0.2) is 0 Å². The van der Waals surface area contributed by atoms with Gasteiger partial charge in [-0.25, -0.2) is 0 Å². The highest BCUT2D eigenvalue weighted by Crippen LogP contribution is 2.28. The van der Waals surface area contributed by atoms with E-state index in [4.69, 9.17) is 5.73 Å². The number of nitrogens with zero attached hydrogens (tertiary/aromatic N) is 1. The highest BCUT2D eigenvalue weighted by Gasteiger charge is 2.27. The third-order valence-corrected chi connectivity index (χ3v) is 4.15. The van der Waals surface area contributed by atoms with Gasteiger partial charge in [-0.3, -0.25) is 0 Å². The van der Waals surface area contributed by atoms with Crippen LogP contribution >= 0.6 is 11.8 Å². The molecular formula is C11H24N2S. The minimum Gasteiger partial charge on any atom is -0.324 e. The van der Waals surface area contributed by atoms with Crippen LogP contribution in [0.1, 0.15) is 33.6 Å². The van der Waals surface area contributed by atoms with Gasteiger partial charge in [0.05, 0.1) is 0 Å². The topological polar surface area (TPSA) is 29.3 Å². The number of rotatable bonds is 3. The van der Waals surface area contributed by atoms with Crippen molar-refractivity contribution in [2.75, 3.05) is 19.3 Å². The fraction of sp³-hybridized carbons (Fsp3) is 1.00. The predicted octanol–water partition coefficient (Wildman–Crippen LogP) is 1.94. The summed E-state index contributed by atoms with van der Waals surface area (Å²) in [5.74, 6) is 1.33. The van der Waals surface area contributed by atoms with Crippen LogP contribution < -0.4 is 5.73 Å². The van der Waals surface area contributed by atoms with Gasteiger partial charge in [-0.15, -0.1) is 0 Å². The monoisotopic (exact) mass is 216 g/mol. The zero-order chi connectivity index (χ0) is 10.8. The van der Waals surface area contributed by atoms with Gasteiger partial charge in [-0.1, -0.05) is 6.92 Å². The van der Waals surface area contributed by atoms with E-state index < -0.39 is 0 Å². The van der Waals surface area contributed by atoms with Gasteiger partial charge in [0.1, 0.15) is 0 Å². The second-order valence-electron chi connectivity index (χ2n) is 5.19. The van der Waals surface area contributed by atoms with E-state index in [1.54, 1.807) is 0 Å². The van der Waals surface area contributed by atoms with E-state index in [0.717, 1.165) is 17.8 Å². The molecule has 1 rings (SSSR count).